The fourth-order valence-electron chi connectivity index (χ4n) is 3.14. The van der Waals surface area contributed by atoms with E-state index in [9.17, 15) is 0 Å². The van der Waals surface area contributed by atoms with Crippen molar-refractivity contribution < 1.29 is 4.74 Å². The van der Waals surface area contributed by atoms with E-state index < -0.39 is 0 Å². The molecule has 0 radical (unpaired) electrons. The molecular weight excluding hydrogens is 350 g/mol. The molecule has 0 spiro atoms. The third kappa shape index (κ3) is 2.99. The lowest BCUT2D eigenvalue weighted by molar-refractivity contribution is 0.415. The predicted octanol–water partition coefficient (Wildman–Crippen LogP) is 4.33. The minimum Gasteiger partial charge on any atom is -0.497 e. The molecule has 0 saturated carbocycles. The van der Waals surface area contributed by atoms with Crippen LogP contribution in [0.3, 0.4) is 0 Å². The number of aromatic nitrogens is 1. The summed E-state index contributed by atoms with van der Waals surface area (Å²) in [6, 6.07) is 18.2. The number of thiophene rings is 1. The highest BCUT2D eigenvalue weighted by atomic mass is 32.1. The zero-order chi connectivity index (χ0) is 17.2. The molecule has 3 aromatic rings. The number of nitrogens with one attached hydrogen (secondary N) is 1. The van der Waals surface area contributed by atoms with Crippen LogP contribution < -0.4 is 15.0 Å². The van der Waals surface area contributed by atoms with Crippen molar-refractivity contribution in [3.8, 4) is 5.75 Å². The van der Waals surface area contributed by atoms with Gasteiger partial charge in [-0.25, -0.2) is 0 Å². The van der Waals surface area contributed by atoms with Crippen molar-refractivity contribution in [2.45, 2.75) is 12.1 Å². The van der Waals surface area contributed by atoms with Crippen LogP contribution in [0, 0.1) is 0 Å². The number of ether oxygens (including phenoxy) is 1. The lowest BCUT2D eigenvalue weighted by Gasteiger charge is -2.27. The Kier molecular flexibility index (Phi) is 4.38. The molecule has 4 rings (SSSR count). The van der Waals surface area contributed by atoms with Crippen LogP contribution >= 0.6 is 23.6 Å². The van der Waals surface area contributed by atoms with Gasteiger partial charge < -0.3 is 15.0 Å². The van der Waals surface area contributed by atoms with E-state index in [4.69, 9.17) is 17.0 Å². The van der Waals surface area contributed by atoms with E-state index in [1.54, 1.807) is 18.4 Å². The van der Waals surface area contributed by atoms with Gasteiger partial charge in [0.1, 0.15) is 5.75 Å². The molecule has 1 aromatic carbocycles. The monoisotopic (exact) mass is 367 g/mol. The topological polar surface area (TPSA) is 37.4 Å². The molecule has 0 aliphatic carbocycles. The first-order chi connectivity index (χ1) is 12.3. The summed E-state index contributed by atoms with van der Waals surface area (Å²) in [7, 11) is 1.67. The maximum absolute atomic E-state index is 5.68. The first-order valence-corrected chi connectivity index (χ1v) is 9.25. The zero-order valence-corrected chi connectivity index (χ0v) is 15.3. The Morgan fingerprint density at radius 3 is 2.80 bits per heavy atom. The Bertz CT molecular complexity index is 867. The van der Waals surface area contributed by atoms with Crippen LogP contribution in [0.2, 0.25) is 0 Å². The highest BCUT2D eigenvalue weighted by Crippen LogP contribution is 2.43. The van der Waals surface area contributed by atoms with Crippen LogP contribution in [0.5, 0.6) is 5.75 Å². The van der Waals surface area contributed by atoms with E-state index >= 15 is 0 Å². The SMILES string of the molecule is COc1cccc(N2C(=S)NC(c3ccccn3)C2c2cccs2)c1. The van der Waals surface area contributed by atoms with Crippen molar-refractivity contribution in [3.63, 3.8) is 0 Å². The average molecular weight is 367 g/mol. The second kappa shape index (κ2) is 6.82. The van der Waals surface area contributed by atoms with Gasteiger partial charge in [0.15, 0.2) is 5.11 Å². The van der Waals surface area contributed by atoms with E-state index in [-0.39, 0.29) is 12.1 Å². The predicted molar refractivity (Wildman–Crippen MR) is 105 cm³/mol. The Morgan fingerprint density at radius 1 is 1.16 bits per heavy atom. The van der Waals surface area contributed by atoms with Crippen LogP contribution in [-0.4, -0.2) is 17.2 Å². The second-order valence-corrected chi connectivity index (χ2v) is 7.08. The number of anilines is 1. The fraction of sp³-hybridized carbons (Fsp3) is 0.158. The molecule has 1 fully saturated rings. The van der Waals surface area contributed by atoms with Crippen LogP contribution in [0.25, 0.3) is 0 Å². The van der Waals surface area contributed by atoms with Crippen molar-refractivity contribution in [2.75, 3.05) is 12.0 Å². The molecule has 126 valence electrons. The number of benzene rings is 1. The number of pyridine rings is 1. The Hall–Kier alpha value is -2.44. The molecule has 3 heterocycles. The molecule has 2 unspecified atom stereocenters. The maximum atomic E-state index is 5.68. The van der Waals surface area contributed by atoms with Gasteiger partial charge in [0.25, 0.3) is 0 Å². The normalized spacial score (nSPS) is 19.7. The van der Waals surface area contributed by atoms with Gasteiger partial charge in [-0.2, -0.15) is 0 Å². The minimum atomic E-state index is -0.00134. The van der Waals surface area contributed by atoms with E-state index in [1.807, 2.05) is 42.6 Å². The smallest absolute Gasteiger partial charge is 0.174 e. The van der Waals surface area contributed by atoms with E-state index in [2.05, 4.69) is 38.8 Å². The lowest BCUT2D eigenvalue weighted by Crippen LogP contribution is -2.29. The molecule has 25 heavy (non-hydrogen) atoms. The molecule has 1 aliphatic rings. The van der Waals surface area contributed by atoms with Gasteiger partial charge in [-0.1, -0.05) is 18.2 Å². The lowest BCUT2D eigenvalue weighted by atomic mass is 10.0. The van der Waals surface area contributed by atoms with Gasteiger partial charge >= 0.3 is 0 Å². The number of thiocarbonyl (C=S) groups is 1. The van der Waals surface area contributed by atoms with Gasteiger partial charge in [-0.05, 0) is 47.9 Å². The molecule has 0 bridgehead atoms. The number of hydrogen-bond donors (Lipinski definition) is 1. The summed E-state index contributed by atoms with van der Waals surface area (Å²) in [5.74, 6) is 0.812. The van der Waals surface area contributed by atoms with Crippen molar-refractivity contribution in [3.05, 3.63) is 76.7 Å². The van der Waals surface area contributed by atoms with E-state index in [0.717, 1.165) is 17.1 Å². The minimum absolute atomic E-state index is 0.00134. The number of hydrogen-bond acceptors (Lipinski definition) is 4. The van der Waals surface area contributed by atoms with E-state index in [0.29, 0.717) is 5.11 Å². The Morgan fingerprint density at radius 2 is 2.08 bits per heavy atom. The van der Waals surface area contributed by atoms with Crippen LogP contribution in [-0.2, 0) is 0 Å². The molecule has 1 N–H and O–H groups in total. The summed E-state index contributed by atoms with van der Waals surface area (Å²) >= 11 is 7.41. The molecular formula is C19H17N3OS2. The van der Waals surface area contributed by atoms with Gasteiger partial charge in [0.05, 0.1) is 24.9 Å². The molecule has 1 saturated heterocycles. The van der Waals surface area contributed by atoms with Gasteiger partial charge in [0, 0.05) is 22.8 Å². The summed E-state index contributed by atoms with van der Waals surface area (Å²) in [5, 5.41) is 6.25. The zero-order valence-electron chi connectivity index (χ0n) is 13.6. The number of nitrogens with zero attached hydrogens (tertiary/aromatic N) is 2. The first kappa shape index (κ1) is 16.1. The van der Waals surface area contributed by atoms with Crippen molar-refractivity contribution in [2.24, 2.45) is 0 Å². The number of rotatable bonds is 4. The molecule has 0 amide bonds. The highest BCUT2D eigenvalue weighted by molar-refractivity contribution is 7.80. The van der Waals surface area contributed by atoms with Crippen molar-refractivity contribution >= 4 is 34.4 Å². The van der Waals surface area contributed by atoms with Crippen molar-refractivity contribution in [1.29, 1.82) is 0 Å². The summed E-state index contributed by atoms with van der Waals surface area (Å²) < 4.78 is 5.39. The highest BCUT2D eigenvalue weighted by Gasteiger charge is 2.41. The second-order valence-electron chi connectivity index (χ2n) is 5.71. The van der Waals surface area contributed by atoms with Crippen LogP contribution in [0.15, 0.2) is 66.2 Å². The molecule has 1 aliphatic heterocycles. The first-order valence-electron chi connectivity index (χ1n) is 7.96. The van der Waals surface area contributed by atoms with Crippen LogP contribution in [0.4, 0.5) is 5.69 Å². The molecule has 2 aromatic heterocycles. The largest absolute Gasteiger partial charge is 0.497 e. The maximum Gasteiger partial charge on any atom is 0.174 e. The Labute approximate surface area is 156 Å². The number of methoxy groups -OCH3 is 1. The third-order valence-electron chi connectivity index (χ3n) is 4.26. The summed E-state index contributed by atoms with van der Waals surface area (Å²) in [6.07, 6.45) is 1.82. The average Bonchev–Trinajstić information content (AvgIpc) is 3.30. The fourth-order valence-corrected chi connectivity index (χ4v) is 4.34. The third-order valence-corrected chi connectivity index (χ3v) is 5.52. The quantitative estimate of drug-likeness (QED) is 0.695. The van der Waals surface area contributed by atoms with Crippen molar-refractivity contribution in [1.82, 2.24) is 10.3 Å². The summed E-state index contributed by atoms with van der Waals surface area (Å²) in [5.41, 5.74) is 1.99. The molecule has 6 heteroatoms. The molecule has 2 atom stereocenters. The van der Waals surface area contributed by atoms with Gasteiger partial charge in [-0.3, -0.25) is 4.98 Å². The van der Waals surface area contributed by atoms with E-state index in [1.165, 1.54) is 4.88 Å². The van der Waals surface area contributed by atoms with Crippen LogP contribution in [0.1, 0.15) is 22.7 Å². The standard InChI is InChI=1S/C19H17N3OS2/c1-23-14-7-4-6-13(12-14)22-18(16-9-5-11-25-16)17(21-19(22)24)15-8-2-3-10-20-15/h2-12,17-18H,1H3,(H,21,24). The molecule has 4 nitrogen and oxygen atoms in total. The summed E-state index contributed by atoms with van der Waals surface area (Å²) in [4.78, 5) is 7.95. The summed E-state index contributed by atoms with van der Waals surface area (Å²) in [6.45, 7) is 0. The Balaban J connectivity index is 1.80. The van der Waals surface area contributed by atoms with Gasteiger partial charge in [-0.15, -0.1) is 11.3 Å². The van der Waals surface area contributed by atoms with Gasteiger partial charge in [0.2, 0.25) is 0 Å².